The van der Waals surface area contributed by atoms with Gasteiger partial charge in [-0.3, -0.25) is 4.99 Å². The Kier molecular flexibility index (Phi) is 11.3. The van der Waals surface area contributed by atoms with Gasteiger partial charge in [0.15, 0.2) is 5.96 Å². The molecule has 0 spiro atoms. The van der Waals surface area contributed by atoms with Crippen molar-refractivity contribution in [2.75, 3.05) is 33.4 Å². The predicted octanol–water partition coefficient (Wildman–Crippen LogP) is 3.08. The summed E-state index contributed by atoms with van der Waals surface area (Å²) in [6.07, 6.45) is 1.16. The highest BCUT2D eigenvalue weighted by atomic mass is 127. The van der Waals surface area contributed by atoms with Gasteiger partial charge >= 0.3 is 0 Å². The third-order valence-electron chi connectivity index (χ3n) is 3.77. The highest BCUT2D eigenvalue weighted by molar-refractivity contribution is 14.0. The Morgan fingerprint density at radius 3 is 2.88 bits per heavy atom. The van der Waals surface area contributed by atoms with Crippen molar-refractivity contribution in [1.82, 2.24) is 10.6 Å². The smallest absolute Gasteiger partial charge is 0.191 e. The van der Waals surface area contributed by atoms with E-state index in [2.05, 4.69) is 22.5 Å². The minimum Gasteiger partial charge on any atom is -0.489 e. The van der Waals surface area contributed by atoms with E-state index in [0.29, 0.717) is 24.8 Å². The van der Waals surface area contributed by atoms with E-state index in [1.54, 1.807) is 13.1 Å². The summed E-state index contributed by atoms with van der Waals surface area (Å²) >= 11 is 5.97. The van der Waals surface area contributed by atoms with E-state index in [0.717, 1.165) is 24.7 Å². The van der Waals surface area contributed by atoms with E-state index in [1.165, 1.54) is 0 Å². The van der Waals surface area contributed by atoms with Gasteiger partial charge in [-0.05, 0) is 38.5 Å². The number of guanidine groups is 1. The molecular formula is C18H29ClIN3O3. The first-order valence-corrected chi connectivity index (χ1v) is 9.03. The number of halogens is 2. The fraction of sp³-hybridized carbons (Fsp3) is 0.611. The molecule has 1 aromatic rings. The van der Waals surface area contributed by atoms with Crippen molar-refractivity contribution < 1.29 is 14.2 Å². The van der Waals surface area contributed by atoms with Crippen LogP contribution in [0.4, 0.5) is 0 Å². The molecule has 1 aromatic carbocycles. The van der Waals surface area contributed by atoms with Crippen LogP contribution < -0.4 is 15.4 Å². The first kappa shape index (κ1) is 23.3. The maximum absolute atomic E-state index is 5.97. The fourth-order valence-electron chi connectivity index (χ4n) is 2.45. The molecule has 1 aliphatic rings. The van der Waals surface area contributed by atoms with E-state index in [-0.39, 0.29) is 42.2 Å². The molecule has 1 aliphatic heterocycles. The van der Waals surface area contributed by atoms with E-state index >= 15 is 0 Å². The molecule has 1 saturated heterocycles. The van der Waals surface area contributed by atoms with Gasteiger partial charge in [0.1, 0.15) is 11.9 Å². The molecule has 8 heteroatoms. The average molecular weight is 498 g/mol. The zero-order valence-corrected chi connectivity index (χ0v) is 18.6. The Morgan fingerprint density at radius 2 is 2.23 bits per heavy atom. The number of aliphatic imine (C=N–C) groups is 1. The standard InChI is InChI=1S/C18H28ClN3O3.HI/c1-13(11-24-17-7-8-23-12-17)22-18(20-3)21-10-14(2)25-16-6-4-5-15(19)9-16;/h4-6,9,13-14,17H,7-8,10-12H2,1-3H3,(H2,20,21,22);1H. The number of hydrogen-bond donors (Lipinski definition) is 2. The lowest BCUT2D eigenvalue weighted by atomic mass is 10.3. The highest BCUT2D eigenvalue weighted by Crippen LogP contribution is 2.18. The number of hydrogen-bond acceptors (Lipinski definition) is 4. The van der Waals surface area contributed by atoms with Crippen LogP contribution in [-0.4, -0.2) is 57.6 Å². The molecule has 2 rings (SSSR count). The van der Waals surface area contributed by atoms with Gasteiger partial charge < -0.3 is 24.8 Å². The van der Waals surface area contributed by atoms with Crippen molar-refractivity contribution in [3.8, 4) is 5.75 Å². The normalized spacial score (nSPS) is 19.4. The zero-order chi connectivity index (χ0) is 18.1. The molecule has 148 valence electrons. The minimum atomic E-state index is -0.0285. The van der Waals surface area contributed by atoms with Crippen LogP contribution >= 0.6 is 35.6 Å². The second-order valence-electron chi connectivity index (χ2n) is 6.20. The summed E-state index contributed by atoms with van der Waals surface area (Å²) < 4.78 is 17.0. The van der Waals surface area contributed by atoms with Crippen LogP contribution in [0.25, 0.3) is 0 Å². The maximum Gasteiger partial charge on any atom is 0.191 e. The molecule has 26 heavy (non-hydrogen) atoms. The Balaban J connectivity index is 0.00000338. The summed E-state index contributed by atoms with van der Waals surface area (Å²) in [6, 6.07) is 7.54. The molecule has 0 bridgehead atoms. The molecule has 3 unspecified atom stereocenters. The Morgan fingerprint density at radius 1 is 1.42 bits per heavy atom. The molecule has 0 aromatic heterocycles. The summed E-state index contributed by atoms with van der Waals surface area (Å²) in [6.45, 7) is 6.78. The largest absolute Gasteiger partial charge is 0.489 e. The zero-order valence-electron chi connectivity index (χ0n) is 15.5. The number of nitrogens with one attached hydrogen (secondary N) is 2. The minimum absolute atomic E-state index is 0. The van der Waals surface area contributed by atoms with Crippen LogP contribution in [0.2, 0.25) is 5.02 Å². The van der Waals surface area contributed by atoms with Gasteiger partial charge in [0, 0.05) is 24.7 Å². The van der Waals surface area contributed by atoms with Crippen LogP contribution in [0, 0.1) is 0 Å². The Hall–Kier alpha value is -0.770. The SMILES string of the molecule is CN=C(NCC(C)Oc1cccc(Cl)c1)NC(C)COC1CCOC1.I. The topological polar surface area (TPSA) is 64.1 Å². The molecule has 1 fully saturated rings. The average Bonchev–Trinajstić information content (AvgIpc) is 3.10. The van der Waals surface area contributed by atoms with Crippen LogP contribution in [0.15, 0.2) is 29.3 Å². The van der Waals surface area contributed by atoms with E-state index in [1.807, 2.05) is 25.1 Å². The van der Waals surface area contributed by atoms with E-state index in [9.17, 15) is 0 Å². The second-order valence-corrected chi connectivity index (χ2v) is 6.64. The van der Waals surface area contributed by atoms with Crippen molar-refractivity contribution in [3.05, 3.63) is 29.3 Å². The lowest BCUT2D eigenvalue weighted by molar-refractivity contribution is 0.0347. The molecule has 2 N–H and O–H groups in total. The number of nitrogens with zero attached hydrogens (tertiary/aromatic N) is 1. The molecule has 0 aliphatic carbocycles. The predicted molar refractivity (Wildman–Crippen MR) is 116 cm³/mol. The summed E-state index contributed by atoms with van der Waals surface area (Å²) in [5.74, 6) is 1.48. The number of ether oxygens (including phenoxy) is 3. The van der Waals surface area contributed by atoms with Crippen molar-refractivity contribution >= 4 is 41.5 Å². The monoisotopic (exact) mass is 497 g/mol. The van der Waals surface area contributed by atoms with Crippen LogP contribution in [0.3, 0.4) is 0 Å². The molecule has 0 amide bonds. The van der Waals surface area contributed by atoms with Crippen LogP contribution in [0.1, 0.15) is 20.3 Å². The van der Waals surface area contributed by atoms with Gasteiger partial charge in [0.25, 0.3) is 0 Å². The fourth-order valence-corrected chi connectivity index (χ4v) is 2.63. The second kappa shape index (κ2) is 12.6. The molecule has 6 nitrogen and oxygen atoms in total. The molecule has 0 saturated carbocycles. The number of rotatable bonds is 8. The van der Waals surface area contributed by atoms with Gasteiger partial charge in [0.05, 0.1) is 25.9 Å². The lowest BCUT2D eigenvalue weighted by Gasteiger charge is -2.21. The molecule has 3 atom stereocenters. The summed E-state index contributed by atoms with van der Waals surface area (Å²) in [7, 11) is 1.75. The third kappa shape index (κ3) is 8.75. The van der Waals surface area contributed by atoms with Gasteiger partial charge in [0.2, 0.25) is 0 Å². The lowest BCUT2D eigenvalue weighted by Crippen LogP contribution is -2.46. The number of benzene rings is 1. The van der Waals surface area contributed by atoms with Gasteiger partial charge in [-0.1, -0.05) is 17.7 Å². The van der Waals surface area contributed by atoms with Crippen LogP contribution in [-0.2, 0) is 9.47 Å². The third-order valence-corrected chi connectivity index (χ3v) is 4.00. The van der Waals surface area contributed by atoms with Gasteiger partial charge in [-0.15, -0.1) is 24.0 Å². The Labute approximate surface area is 178 Å². The summed E-state index contributed by atoms with van der Waals surface area (Å²) in [4.78, 5) is 4.24. The quantitative estimate of drug-likeness (QED) is 0.328. The van der Waals surface area contributed by atoms with Crippen LogP contribution in [0.5, 0.6) is 5.75 Å². The van der Waals surface area contributed by atoms with Crippen molar-refractivity contribution in [3.63, 3.8) is 0 Å². The van der Waals surface area contributed by atoms with Crippen molar-refractivity contribution in [1.29, 1.82) is 0 Å². The first-order valence-electron chi connectivity index (χ1n) is 8.65. The maximum atomic E-state index is 5.97. The Bertz CT molecular complexity index is 556. The van der Waals surface area contributed by atoms with Gasteiger partial charge in [-0.25, -0.2) is 0 Å². The van der Waals surface area contributed by atoms with E-state index < -0.39 is 0 Å². The highest BCUT2D eigenvalue weighted by Gasteiger charge is 2.17. The molecule has 1 heterocycles. The first-order chi connectivity index (χ1) is 12.1. The van der Waals surface area contributed by atoms with Gasteiger partial charge in [-0.2, -0.15) is 0 Å². The molecule has 0 radical (unpaired) electrons. The van der Waals surface area contributed by atoms with Crippen molar-refractivity contribution in [2.45, 2.75) is 38.5 Å². The van der Waals surface area contributed by atoms with Crippen molar-refractivity contribution in [2.24, 2.45) is 4.99 Å². The molecular weight excluding hydrogens is 469 g/mol. The summed E-state index contributed by atoms with van der Waals surface area (Å²) in [5, 5.41) is 7.24. The van der Waals surface area contributed by atoms with E-state index in [4.69, 9.17) is 25.8 Å². The summed E-state index contributed by atoms with van der Waals surface area (Å²) in [5.41, 5.74) is 0.